The fourth-order valence-corrected chi connectivity index (χ4v) is 2.47. The Labute approximate surface area is 108 Å². The molecule has 2 atom stereocenters. The second-order valence-electron chi connectivity index (χ2n) is 5.65. The standard InChI is InChI=1S/C13H24N2O3/c1-9(2)13(4-5-14-8-13)12(18)15-7-10(3)6-11(16)17/h9-10,14H,4-8H2,1-3H3,(H,15,18)(H,16,17). The van der Waals surface area contributed by atoms with Gasteiger partial charge in [-0.2, -0.15) is 0 Å². The first-order valence-electron chi connectivity index (χ1n) is 6.59. The summed E-state index contributed by atoms with van der Waals surface area (Å²) < 4.78 is 0. The van der Waals surface area contributed by atoms with Crippen molar-refractivity contribution in [2.24, 2.45) is 17.3 Å². The minimum absolute atomic E-state index is 0.0370. The molecule has 1 amide bonds. The van der Waals surface area contributed by atoms with E-state index in [2.05, 4.69) is 24.5 Å². The van der Waals surface area contributed by atoms with Gasteiger partial charge >= 0.3 is 5.97 Å². The van der Waals surface area contributed by atoms with Crippen LogP contribution in [-0.2, 0) is 9.59 Å². The number of carboxylic acids is 1. The van der Waals surface area contributed by atoms with Crippen molar-refractivity contribution in [1.29, 1.82) is 0 Å². The van der Waals surface area contributed by atoms with Crippen molar-refractivity contribution in [1.82, 2.24) is 10.6 Å². The van der Waals surface area contributed by atoms with Gasteiger partial charge in [0.2, 0.25) is 5.91 Å². The van der Waals surface area contributed by atoms with Crippen LogP contribution in [0.15, 0.2) is 0 Å². The zero-order valence-electron chi connectivity index (χ0n) is 11.5. The van der Waals surface area contributed by atoms with Crippen LogP contribution in [0.4, 0.5) is 0 Å². The topological polar surface area (TPSA) is 78.4 Å². The van der Waals surface area contributed by atoms with Crippen molar-refractivity contribution >= 4 is 11.9 Å². The van der Waals surface area contributed by atoms with Crippen LogP contribution >= 0.6 is 0 Å². The first-order chi connectivity index (χ1) is 8.38. The molecule has 3 N–H and O–H groups in total. The molecule has 0 bridgehead atoms. The Hall–Kier alpha value is -1.10. The van der Waals surface area contributed by atoms with Gasteiger partial charge in [-0.05, 0) is 24.8 Å². The first-order valence-corrected chi connectivity index (χ1v) is 6.59. The van der Waals surface area contributed by atoms with Crippen LogP contribution in [0.1, 0.15) is 33.6 Å². The first kappa shape index (κ1) is 15.0. The highest BCUT2D eigenvalue weighted by Crippen LogP contribution is 2.34. The number of hydrogen-bond donors (Lipinski definition) is 3. The second-order valence-corrected chi connectivity index (χ2v) is 5.65. The van der Waals surface area contributed by atoms with Crippen LogP contribution in [0.25, 0.3) is 0 Å². The summed E-state index contributed by atoms with van der Waals surface area (Å²) in [7, 11) is 0. The third-order valence-corrected chi connectivity index (χ3v) is 3.88. The molecule has 18 heavy (non-hydrogen) atoms. The Morgan fingerprint density at radius 1 is 1.39 bits per heavy atom. The number of carboxylic acid groups (broad SMARTS) is 1. The lowest BCUT2D eigenvalue weighted by Crippen LogP contribution is -2.47. The second kappa shape index (κ2) is 6.18. The van der Waals surface area contributed by atoms with E-state index in [1.165, 1.54) is 0 Å². The summed E-state index contributed by atoms with van der Waals surface area (Å²) in [5.41, 5.74) is -0.330. The molecule has 0 aromatic carbocycles. The van der Waals surface area contributed by atoms with Crippen molar-refractivity contribution in [3.8, 4) is 0 Å². The van der Waals surface area contributed by atoms with E-state index in [9.17, 15) is 9.59 Å². The van der Waals surface area contributed by atoms with Crippen molar-refractivity contribution in [3.63, 3.8) is 0 Å². The van der Waals surface area contributed by atoms with E-state index >= 15 is 0 Å². The molecule has 5 nitrogen and oxygen atoms in total. The smallest absolute Gasteiger partial charge is 0.303 e. The molecule has 1 aliphatic rings. The summed E-state index contributed by atoms with van der Waals surface area (Å²) in [5, 5.41) is 14.8. The number of nitrogens with one attached hydrogen (secondary N) is 2. The van der Waals surface area contributed by atoms with Crippen LogP contribution in [-0.4, -0.2) is 36.6 Å². The van der Waals surface area contributed by atoms with Gasteiger partial charge in [-0.3, -0.25) is 9.59 Å². The fourth-order valence-electron chi connectivity index (χ4n) is 2.47. The molecule has 5 heteroatoms. The number of aliphatic carboxylic acids is 1. The minimum Gasteiger partial charge on any atom is -0.481 e. The number of hydrogen-bond acceptors (Lipinski definition) is 3. The van der Waals surface area contributed by atoms with E-state index in [1.54, 1.807) is 0 Å². The zero-order chi connectivity index (χ0) is 13.8. The molecule has 0 aromatic rings. The van der Waals surface area contributed by atoms with Crippen LogP contribution < -0.4 is 10.6 Å². The monoisotopic (exact) mass is 256 g/mol. The third-order valence-electron chi connectivity index (χ3n) is 3.88. The minimum atomic E-state index is -0.821. The third kappa shape index (κ3) is 3.45. The van der Waals surface area contributed by atoms with Gasteiger partial charge in [0.25, 0.3) is 0 Å². The SMILES string of the molecule is CC(CNC(=O)C1(C(C)C)CCNC1)CC(=O)O. The largest absolute Gasteiger partial charge is 0.481 e. The predicted octanol–water partition coefficient (Wildman–Crippen LogP) is 0.849. The van der Waals surface area contributed by atoms with E-state index in [0.29, 0.717) is 13.1 Å². The van der Waals surface area contributed by atoms with Crippen molar-refractivity contribution in [2.45, 2.75) is 33.6 Å². The molecular weight excluding hydrogens is 232 g/mol. The Morgan fingerprint density at radius 2 is 2.06 bits per heavy atom. The van der Waals surface area contributed by atoms with E-state index in [1.807, 2.05) is 6.92 Å². The van der Waals surface area contributed by atoms with Crippen LogP contribution in [0.5, 0.6) is 0 Å². The maximum atomic E-state index is 12.3. The van der Waals surface area contributed by atoms with Gasteiger partial charge in [0.15, 0.2) is 0 Å². The highest BCUT2D eigenvalue weighted by Gasteiger charge is 2.43. The summed E-state index contributed by atoms with van der Waals surface area (Å²) >= 11 is 0. The summed E-state index contributed by atoms with van der Waals surface area (Å²) in [6.45, 7) is 7.98. The van der Waals surface area contributed by atoms with Gasteiger partial charge in [-0.15, -0.1) is 0 Å². The van der Waals surface area contributed by atoms with Crippen molar-refractivity contribution < 1.29 is 14.7 Å². The molecular formula is C13H24N2O3. The maximum absolute atomic E-state index is 12.3. The van der Waals surface area contributed by atoms with Crippen molar-refractivity contribution in [2.75, 3.05) is 19.6 Å². The summed E-state index contributed by atoms with van der Waals surface area (Å²) in [5.74, 6) is -0.523. The van der Waals surface area contributed by atoms with Gasteiger partial charge in [0, 0.05) is 19.5 Å². The van der Waals surface area contributed by atoms with Crippen LogP contribution in [0.2, 0.25) is 0 Å². The molecule has 0 saturated carbocycles. The van der Waals surface area contributed by atoms with E-state index in [0.717, 1.165) is 13.0 Å². The molecule has 1 fully saturated rings. The van der Waals surface area contributed by atoms with Gasteiger partial charge < -0.3 is 15.7 Å². The summed E-state index contributed by atoms with van der Waals surface area (Å²) in [4.78, 5) is 22.9. The van der Waals surface area contributed by atoms with E-state index in [-0.39, 0.29) is 29.6 Å². The maximum Gasteiger partial charge on any atom is 0.303 e. The lowest BCUT2D eigenvalue weighted by Gasteiger charge is -2.31. The number of carbonyl (C=O) groups excluding carboxylic acids is 1. The number of carbonyl (C=O) groups is 2. The molecule has 1 rings (SSSR count). The van der Waals surface area contributed by atoms with E-state index in [4.69, 9.17) is 5.11 Å². The fraction of sp³-hybridized carbons (Fsp3) is 0.846. The van der Waals surface area contributed by atoms with Gasteiger partial charge in [-0.25, -0.2) is 0 Å². The average Bonchev–Trinajstić information content (AvgIpc) is 2.75. The Morgan fingerprint density at radius 3 is 2.50 bits per heavy atom. The molecule has 104 valence electrons. The summed E-state index contributed by atoms with van der Waals surface area (Å²) in [6.07, 6.45) is 0.941. The van der Waals surface area contributed by atoms with Crippen LogP contribution in [0.3, 0.4) is 0 Å². The van der Waals surface area contributed by atoms with Gasteiger partial charge in [0.1, 0.15) is 0 Å². The lowest BCUT2D eigenvalue weighted by molar-refractivity contribution is -0.138. The molecule has 1 aliphatic heterocycles. The number of amides is 1. The normalized spacial score (nSPS) is 25.1. The molecule has 0 aliphatic carbocycles. The Bertz CT molecular complexity index is 309. The quantitative estimate of drug-likeness (QED) is 0.658. The molecule has 0 aromatic heterocycles. The molecule has 1 saturated heterocycles. The van der Waals surface area contributed by atoms with Crippen molar-refractivity contribution in [3.05, 3.63) is 0 Å². The summed E-state index contributed by atoms with van der Waals surface area (Å²) in [6, 6.07) is 0. The molecule has 2 unspecified atom stereocenters. The molecule has 0 radical (unpaired) electrons. The number of rotatable bonds is 6. The lowest BCUT2D eigenvalue weighted by atomic mass is 9.75. The average molecular weight is 256 g/mol. The van der Waals surface area contributed by atoms with Crippen LogP contribution in [0, 0.1) is 17.3 Å². The van der Waals surface area contributed by atoms with Gasteiger partial charge in [-0.1, -0.05) is 20.8 Å². The van der Waals surface area contributed by atoms with Gasteiger partial charge in [0.05, 0.1) is 5.41 Å². The highest BCUT2D eigenvalue weighted by atomic mass is 16.4. The zero-order valence-corrected chi connectivity index (χ0v) is 11.5. The Balaban J connectivity index is 2.51. The predicted molar refractivity (Wildman–Crippen MR) is 69.2 cm³/mol. The highest BCUT2D eigenvalue weighted by molar-refractivity contribution is 5.83. The van der Waals surface area contributed by atoms with E-state index < -0.39 is 5.97 Å². The molecule has 0 spiro atoms. The molecule has 1 heterocycles. The Kier molecular flexibility index (Phi) is 5.14.